The van der Waals surface area contributed by atoms with Gasteiger partial charge in [0.2, 0.25) is 0 Å². The van der Waals surface area contributed by atoms with Gasteiger partial charge in [0.15, 0.2) is 0 Å². The first-order chi connectivity index (χ1) is 30.4. The number of aryl methyl sites for hydroxylation is 4. The van der Waals surface area contributed by atoms with Crippen molar-refractivity contribution in [1.82, 2.24) is 8.80 Å². The van der Waals surface area contributed by atoms with E-state index >= 15 is 0 Å². The van der Waals surface area contributed by atoms with Gasteiger partial charge in [0.1, 0.15) is 0 Å². The van der Waals surface area contributed by atoms with E-state index in [4.69, 9.17) is 0 Å². The molecule has 62 heavy (non-hydrogen) atoms. The van der Waals surface area contributed by atoms with E-state index in [1.165, 1.54) is 110 Å². The maximum absolute atomic E-state index is 2.54. The molecule has 0 saturated heterocycles. The lowest BCUT2D eigenvalue weighted by molar-refractivity contribution is 1.26. The summed E-state index contributed by atoms with van der Waals surface area (Å²) in [5, 5.41) is 10.1. The second-order valence-corrected chi connectivity index (χ2v) is 17.2. The van der Waals surface area contributed by atoms with E-state index < -0.39 is 0 Å². The molecule has 0 unspecified atom stereocenters. The standard InChI is InChI=1S/C58H42N4/c1-35-27-29-41(31-37(35)3)59(39-15-7-5-8-16-39)49-23-13-25-51-55(49)45-21-11-19-43-47-34-54-48(33-53(47)61(51)57(43)45)44-20-12-22-46-56-50(24-14-26-52(56)62(54)58(44)46)60(40-17-9-6-10-18-40)42-30-28-36(2)38(4)32-42/h5-34H,1-4H3. The van der Waals surface area contributed by atoms with Crippen LogP contribution in [-0.2, 0) is 0 Å². The van der Waals surface area contributed by atoms with Gasteiger partial charge in [-0.1, -0.05) is 97.1 Å². The number of hydrogen-bond acceptors (Lipinski definition) is 2. The van der Waals surface area contributed by atoms with Crippen LogP contribution in [0.2, 0.25) is 0 Å². The van der Waals surface area contributed by atoms with Crippen LogP contribution in [-0.4, -0.2) is 8.80 Å². The summed E-state index contributed by atoms with van der Waals surface area (Å²) in [6, 6.07) is 67.6. The summed E-state index contributed by atoms with van der Waals surface area (Å²) in [7, 11) is 0. The molecule has 4 heterocycles. The lowest BCUT2D eigenvalue weighted by atomic mass is 10.0. The fraction of sp³-hybridized carbons (Fsp3) is 0.0690. The van der Waals surface area contributed by atoms with Crippen molar-refractivity contribution >= 4 is 110 Å². The third-order valence-corrected chi connectivity index (χ3v) is 13.8. The first-order valence-electron chi connectivity index (χ1n) is 21.6. The maximum atomic E-state index is 2.54. The Kier molecular flexibility index (Phi) is 7.25. The molecule has 0 atom stereocenters. The molecule has 294 valence electrons. The highest BCUT2D eigenvalue weighted by molar-refractivity contribution is 6.31. The number of para-hydroxylation sites is 4. The van der Waals surface area contributed by atoms with Crippen molar-refractivity contribution in [3.8, 4) is 0 Å². The van der Waals surface area contributed by atoms with Crippen molar-refractivity contribution in [2.24, 2.45) is 0 Å². The molecule has 4 nitrogen and oxygen atoms in total. The number of rotatable bonds is 6. The lowest BCUT2D eigenvalue weighted by Gasteiger charge is -2.27. The smallest absolute Gasteiger partial charge is 0.0621 e. The van der Waals surface area contributed by atoms with Gasteiger partial charge < -0.3 is 18.6 Å². The van der Waals surface area contributed by atoms with Gasteiger partial charge in [-0.05, 0) is 135 Å². The first-order valence-corrected chi connectivity index (χ1v) is 21.6. The first kappa shape index (κ1) is 35.0. The van der Waals surface area contributed by atoms with Gasteiger partial charge in [0.25, 0.3) is 0 Å². The average molecular weight is 795 g/mol. The highest BCUT2D eigenvalue weighted by atomic mass is 15.2. The predicted molar refractivity (Wildman–Crippen MR) is 264 cm³/mol. The van der Waals surface area contributed by atoms with Crippen LogP contribution in [0.25, 0.3) is 76.2 Å². The Balaban J connectivity index is 1.09. The van der Waals surface area contributed by atoms with Crippen molar-refractivity contribution < 1.29 is 0 Å². The number of anilines is 6. The van der Waals surface area contributed by atoms with E-state index in [1.807, 2.05) is 0 Å². The van der Waals surface area contributed by atoms with Crippen molar-refractivity contribution in [3.63, 3.8) is 0 Å². The molecule has 4 heteroatoms. The minimum absolute atomic E-state index is 1.14. The second kappa shape index (κ2) is 12.8. The van der Waals surface area contributed by atoms with Crippen molar-refractivity contribution in [3.05, 3.63) is 204 Å². The summed E-state index contributed by atoms with van der Waals surface area (Å²) in [5.41, 5.74) is 19.5. The van der Waals surface area contributed by atoms with E-state index in [0.717, 1.165) is 22.7 Å². The minimum Gasteiger partial charge on any atom is -0.310 e. The number of aromatic nitrogens is 2. The maximum Gasteiger partial charge on any atom is 0.0621 e. The quantitative estimate of drug-likeness (QED) is 0.167. The third-order valence-electron chi connectivity index (χ3n) is 13.8. The Morgan fingerprint density at radius 2 is 0.694 bits per heavy atom. The Morgan fingerprint density at radius 3 is 1.11 bits per heavy atom. The minimum atomic E-state index is 1.14. The fourth-order valence-corrected chi connectivity index (χ4v) is 10.6. The van der Waals surface area contributed by atoms with Crippen LogP contribution in [0, 0.1) is 27.7 Å². The number of fused-ring (bicyclic) bond motifs is 12. The van der Waals surface area contributed by atoms with Gasteiger partial charge in [-0.25, -0.2) is 0 Å². The number of benzene rings is 9. The molecule has 4 aromatic heterocycles. The van der Waals surface area contributed by atoms with Crippen molar-refractivity contribution in [1.29, 1.82) is 0 Å². The Bertz CT molecular complexity index is 3650. The monoisotopic (exact) mass is 794 g/mol. The van der Waals surface area contributed by atoms with Gasteiger partial charge in [-0.2, -0.15) is 0 Å². The average Bonchev–Trinajstić information content (AvgIpc) is 4.03. The summed E-state index contributed by atoms with van der Waals surface area (Å²) in [6.45, 7) is 8.79. The summed E-state index contributed by atoms with van der Waals surface area (Å²) < 4.78 is 5.07. The molecule has 0 aliphatic rings. The third kappa shape index (κ3) is 4.72. The molecule has 0 aliphatic carbocycles. The lowest BCUT2D eigenvalue weighted by Crippen LogP contribution is -2.10. The van der Waals surface area contributed by atoms with Crippen LogP contribution in [0.1, 0.15) is 22.3 Å². The van der Waals surface area contributed by atoms with Gasteiger partial charge in [-0.3, -0.25) is 0 Å². The SMILES string of the molecule is Cc1ccc(N(c2ccccc2)c2cccc3c2c2cccc4c5cc6c(cc5n3c42)c2cccc3c4c(N(c5ccccc5)c5ccc(C)c(C)c5)cccc4n6c23)cc1C. The summed E-state index contributed by atoms with van der Waals surface area (Å²) in [4.78, 5) is 4.87. The summed E-state index contributed by atoms with van der Waals surface area (Å²) in [5.74, 6) is 0. The molecule has 0 N–H and O–H groups in total. The van der Waals surface area contributed by atoms with Crippen molar-refractivity contribution in [2.45, 2.75) is 27.7 Å². The Hall–Kier alpha value is -7.82. The van der Waals surface area contributed by atoms with Crippen LogP contribution in [0.5, 0.6) is 0 Å². The van der Waals surface area contributed by atoms with E-state index in [1.54, 1.807) is 0 Å². The zero-order valence-corrected chi connectivity index (χ0v) is 35.1. The van der Waals surface area contributed by atoms with E-state index in [-0.39, 0.29) is 0 Å². The van der Waals surface area contributed by atoms with E-state index in [2.05, 4.69) is 228 Å². The van der Waals surface area contributed by atoms with Gasteiger partial charge in [0, 0.05) is 65.8 Å². The van der Waals surface area contributed by atoms with Crippen molar-refractivity contribution in [2.75, 3.05) is 9.80 Å². The molecular formula is C58H42N4. The van der Waals surface area contributed by atoms with Crippen LogP contribution in [0.4, 0.5) is 34.1 Å². The highest BCUT2D eigenvalue weighted by Gasteiger charge is 2.27. The van der Waals surface area contributed by atoms with Gasteiger partial charge in [-0.15, -0.1) is 0 Å². The number of hydrogen-bond donors (Lipinski definition) is 0. The molecular weight excluding hydrogens is 753 g/mol. The van der Waals surface area contributed by atoms with Gasteiger partial charge in [0.05, 0.1) is 44.5 Å². The predicted octanol–water partition coefficient (Wildman–Crippen LogP) is 16.2. The van der Waals surface area contributed by atoms with E-state index in [9.17, 15) is 0 Å². The zero-order chi connectivity index (χ0) is 41.4. The van der Waals surface area contributed by atoms with Gasteiger partial charge >= 0.3 is 0 Å². The topological polar surface area (TPSA) is 15.3 Å². The molecule has 0 aliphatic heterocycles. The largest absolute Gasteiger partial charge is 0.310 e. The molecule has 0 spiro atoms. The molecule has 9 aromatic carbocycles. The highest BCUT2D eigenvalue weighted by Crippen LogP contribution is 2.50. The summed E-state index contributed by atoms with van der Waals surface area (Å²) >= 11 is 0. The Labute approximate surface area is 359 Å². The van der Waals surface area contributed by atoms with Crippen LogP contribution in [0.3, 0.4) is 0 Å². The van der Waals surface area contributed by atoms with Crippen LogP contribution in [0.15, 0.2) is 182 Å². The summed E-state index contributed by atoms with van der Waals surface area (Å²) in [6.07, 6.45) is 0. The van der Waals surface area contributed by atoms with Crippen LogP contribution < -0.4 is 9.80 Å². The molecule has 13 rings (SSSR count). The normalized spacial score (nSPS) is 12.2. The molecule has 0 bridgehead atoms. The molecule has 0 amide bonds. The molecule has 0 fully saturated rings. The molecule has 0 radical (unpaired) electrons. The zero-order valence-electron chi connectivity index (χ0n) is 35.1. The fourth-order valence-electron chi connectivity index (χ4n) is 10.6. The van der Waals surface area contributed by atoms with E-state index in [0.29, 0.717) is 0 Å². The Morgan fingerprint density at radius 1 is 0.290 bits per heavy atom. The molecule has 13 aromatic rings. The number of nitrogens with zero attached hydrogens (tertiary/aromatic N) is 4. The van der Waals surface area contributed by atoms with Crippen LogP contribution >= 0.6 is 0 Å². The second-order valence-electron chi connectivity index (χ2n) is 17.2. The molecule has 0 saturated carbocycles.